The molecule has 8 heteroatoms. The normalized spacial score (nSPS) is 20.7. The first-order valence-electron chi connectivity index (χ1n) is 11.5. The number of para-hydroxylation sites is 1. The molecule has 2 aromatic carbocycles. The molecule has 7 nitrogen and oxygen atoms in total. The van der Waals surface area contributed by atoms with Gasteiger partial charge in [-0.2, -0.15) is 0 Å². The lowest BCUT2D eigenvalue weighted by atomic mass is 10.0. The Labute approximate surface area is 196 Å². The monoisotopic (exact) mass is 471 g/mol. The summed E-state index contributed by atoms with van der Waals surface area (Å²) in [4.78, 5) is 15.7. The number of ether oxygens (including phenoxy) is 1. The summed E-state index contributed by atoms with van der Waals surface area (Å²) in [6, 6.07) is 11.1. The topological polar surface area (TPSA) is 79.0 Å². The zero-order chi connectivity index (χ0) is 23.8. The van der Waals surface area contributed by atoms with Gasteiger partial charge in [0.25, 0.3) is 10.0 Å². The van der Waals surface area contributed by atoms with Crippen molar-refractivity contribution in [2.75, 3.05) is 38.1 Å². The van der Waals surface area contributed by atoms with Crippen molar-refractivity contribution in [1.82, 2.24) is 10.2 Å². The number of methoxy groups -OCH3 is 1. The van der Waals surface area contributed by atoms with Crippen LogP contribution in [0.3, 0.4) is 0 Å². The highest BCUT2D eigenvalue weighted by molar-refractivity contribution is 7.93. The average molecular weight is 472 g/mol. The number of benzene rings is 2. The van der Waals surface area contributed by atoms with E-state index in [4.69, 9.17) is 4.74 Å². The molecule has 0 aromatic heterocycles. The second-order valence-electron chi connectivity index (χ2n) is 9.02. The van der Waals surface area contributed by atoms with Gasteiger partial charge in [0, 0.05) is 12.6 Å². The SMILES string of the molecule is COc1ccc(S(=O)(=O)N2CC(C(=O)NCCC3CCCN3C)c3ccccc32)c(C)c1C. The smallest absolute Gasteiger partial charge is 0.264 e. The number of amides is 1. The fourth-order valence-electron chi connectivity index (χ4n) is 5.04. The number of hydrogen-bond acceptors (Lipinski definition) is 5. The van der Waals surface area contributed by atoms with Crippen LogP contribution in [-0.4, -0.2) is 59.1 Å². The number of hydrogen-bond donors (Lipinski definition) is 1. The van der Waals surface area contributed by atoms with E-state index in [1.165, 1.54) is 10.7 Å². The van der Waals surface area contributed by atoms with Crippen LogP contribution in [-0.2, 0) is 14.8 Å². The number of fused-ring (bicyclic) bond motifs is 1. The first-order chi connectivity index (χ1) is 15.8. The predicted octanol–water partition coefficient (Wildman–Crippen LogP) is 3.21. The van der Waals surface area contributed by atoms with E-state index in [-0.39, 0.29) is 17.3 Å². The minimum atomic E-state index is -3.85. The first kappa shape index (κ1) is 23.6. The summed E-state index contributed by atoms with van der Waals surface area (Å²) in [6.07, 6.45) is 3.26. The van der Waals surface area contributed by atoms with Crippen molar-refractivity contribution in [1.29, 1.82) is 0 Å². The zero-order valence-corrected chi connectivity index (χ0v) is 20.6. The number of sulfonamides is 1. The maximum atomic E-state index is 13.7. The van der Waals surface area contributed by atoms with Gasteiger partial charge in [0.15, 0.2) is 0 Å². The number of carbonyl (C=O) groups is 1. The highest BCUT2D eigenvalue weighted by Gasteiger charge is 2.40. The van der Waals surface area contributed by atoms with Gasteiger partial charge >= 0.3 is 0 Å². The highest BCUT2D eigenvalue weighted by Crippen LogP contribution is 2.41. The van der Waals surface area contributed by atoms with Crippen LogP contribution in [0.2, 0.25) is 0 Å². The molecule has 1 saturated heterocycles. The maximum Gasteiger partial charge on any atom is 0.264 e. The van der Waals surface area contributed by atoms with Gasteiger partial charge in [-0.3, -0.25) is 9.10 Å². The number of nitrogens with zero attached hydrogens (tertiary/aromatic N) is 2. The first-order valence-corrected chi connectivity index (χ1v) is 12.9. The maximum absolute atomic E-state index is 13.7. The molecule has 0 saturated carbocycles. The third kappa shape index (κ3) is 4.34. The van der Waals surface area contributed by atoms with E-state index >= 15 is 0 Å². The molecule has 0 bridgehead atoms. The van der Waals surface area contributed by atoms with Gasteiger partial charge in [0.2, 0.25) is 5.91 Å². The Morgan fingerprint density at radius 1 is 1.15 bits per heavy atom. The molecular formula is C25H33N3O4S. The summed E-state index contributed by atoms with van der Waals surface area (Å²) >= 11 is 0. The molecule has 33 heavy (non-hydrogen) atoms. The number of anilines is 1. The summed E-state index contributed by atoms with van der Waals surface area (Å²) in [5.41, 5.74) is 2.76. The van der Waals surface area contributed by atoms with Crippen molar-refractivity contribution >= 4 is 21.6 Å². The summed E-state index contributed by atoms with van der Waals surface area (Å²) in [5, 5.41) is 3.06. The number of nitrogens with one attached hydrogen (secondary N) is 1. The van der Waals surface area contributed by atoms with Gasteiger partial charge in [-0.1, -0.05) is 18.2 Å². The Morgan fingerprint density at radius 3 is 2.61 bits per heavy atom. The summed E-state index contributed by atoms with van der Waals surface area (Å²) in [6.45, 7) is 5.43. The van der Waals surface area contributed by atoms with Gasteiger partial charge in [0.1, 0.15) is 5.75 Å². The molecule has 2 heterocycles. The molecule has 178 valence electrons. The predicted molar refractivity (Wildman–Crippen MR) is 129 cm³/mol. The van der Waals surface area contributed by atoms with Gasteiger partial charge in [-0.05, 0) is 81.6 Å². The Hall–Kier alpha value is -2.58. The third-order valence-corrected chi connectivity index (χ3v) is 9.09. The van der Waals surface area contributed by atoms with E-state index in [1.54, 1.807) is 32.2 Å². The van der Waals surface area contributed by atoms with E-state index in [2.05, 4.69) is 17.3 Å². The Kier molecular flexibility index (Phi) is 6.68. The molecule has 2 atom stereocenters. The largest absolute Gasteiger partial charge is 0.496 e. The molecule has 1 N–H and O–H groups in total. The van der Waals surface area contributed by atoms with Crippen LogP contribution in [0.1, 0.15) is 41.9 Å². The highest BCUT2D eigenvalue weighted by atomic mass is 32.2. The third-order valence-electron chi connectivity index (χ3n) is 7.17. The number of likely N-dealkylation sites (tertiary alicyclic amines) is 1. The molecule has 2 aliphatic heterocycles. The van der Waals surface area contributed by atoms with Crippen LogP contribution in [0, 0.1) is 13.8 Å². The average Bonchev–Trinajstić information content (AvgIpc) is 3.39. The number of carbonyl (C=O) groups excluding carboxylic acids is 1. The van der Waals surface area contributed by atoms with Crippen LogP contribution in [0.5, 0.6) is 5.75 Å². The molecule has 2 aromatic rings. The van der Waals surface area contributed by atoms with Crippen LogP contribution < -0.4 is 14.4 Å². The minimum Gasteiger partial charge on any atom is -0.496 e. The second kappa shape index (κ2) is 9.35. The van der Waals surface area contributed by atoms with Crippen molar-refractivity contribution in [3.63, 3.8) is 0 Å². The Balaban J connectivity index is 1.56. The number of rotatable bonds is 7. The molecule has 2 unspecified atom stereocenters. The van der Waals surface area contributed by atoms with Crippen molar-refractivity contribution in [3.05, 3.63) is 53.1 Å². The van der Waals surface area contributed by atoms with E-state index in [9.17, 15) is 13.2 Å². The van der Waals surface area contributed by atoms with Crippen LogP contribution in [0.4, 0.5) is 5.69 Å². The summed E-state index contributed by atoms with van der Waals surface area (Å²) in [7, 11) is -0.153. The van der Waals surface area contributed by atoms with E-state index in [1.807, 2.05) is 25.1 Å². The van der Waals surface area contributed by atoms with E-state index in [0.717, 1.165) is 30.5 Å². The van der Waals surface area contributed by atoms with Gasteiger partial charge in [-0.25, -0.2) is 8.42 Å². The lowest BCUT2D eigenvalue weighted by Gasteiger charge is -2.22. The fraction of sp³-hybridized carbons (Fsp3) is 0.480. The molecule has 0 spiro atoms. The summed E-state index contributed by atoms with van der Waals surface area (Å²) in [5.74, 6) is -0.00111. The van der Waals surface area contributed by atoms with Gasteiger partial charge < -0.3 is 15.0 Å². The molecule has 0 aliphatic carbocycles. The molecule has 4 rings (SSSR count). The van der Waals surface area contributed by atoms with Crippen LogP contribution in [0.15, 0.2) is 41.3 Å². The summed E-state index contributed by atoms with van der Waals surface area (Å²) < 4.78 is 34.1. The Morgan fingerprint density at radius 2 is 1.91 bits per heavy atom. The van der Waals surface area contributed by atoms with E-state index in [0.29, 0.717) is 29.6 Å². The van der Waals surface area contributed by atoms with Crippen LogP contribution >= 0.6 is 0 Å². The lowest BCUT2D eigenvalue weighted by molar-refractivity contribution is -0.122. The van der Waals surface area contributed by atoms with Crippen molar-refractivity contribution in [2.45, 2.75) is 50.0 Å². The lowest BCUT2D eigenvalue weighted by Crippen LogP contribution is -2.37. The van der Waals surface area contributed by atoms with Crippen molar-refractivity contribution in [3.8, 4) is 5.75 Å². The molecule has 1 amide bonds. The van der Waals surface area contributed by atoms with Crippen molar-refractivity contribution in [2.24, 2.45) is 0 Å². The second-order valence-corrected chi connectivity index (χ2v) is 10.9. The fourth-order valence-corrected chi connectivity index (χ4v) is 6.83. The van der Waals surface area contributed by atoms with Gasteiger partial charge in [-0.15, -0.1) is 0 Å². The molecule has 2 aliphatic rings. The quantitative estimate of drug-likeness (QED) is 0.671. The zero-order valence-electron chi connectivity index (χ0n) is 19.8. The van der Waals surface area contributed by atoms with Crippen LogP contribution in [0.25, 0.3) is 0 Å². The minimum absolute atomic E-state index is 0.0986. The van der Waals surface area contributed by atoms with E-state index < -0.39 is 15.9 Å². The molecule has 1 fully saturated rings. The Bertz CT molecular complexity index is 1150. The molecule has 0 radical (unpaired) electrons. The van der Waals surface area contributed by atoms with Crippen molar-refractivity contribution < 1.29 is 17.9 Å². The van der Waals surface area contributed by atoms with Gasteiger partial charge in [0.05, 0.1) is 30.2 Å². The standard InChI is InChI=1S/C25H33N3O4S/c1-17-18(2)24(12-11-23(17)32-4)33(30,31)28-16-21(20-9-5-6-10-22(20)28)25(29)26-14-13-19-8-7-15-27(19)3/h5-6,9-12,19,21H,7-8,13-16H2,1-4H3,(H,26,29). The molecular weight excluding hydrogens is 438 g/mol.